The third kappa shape index (κ3) is 5.61. The summed E-state index contributed by atoms with van der Waals surface area (Å²) in [6, 6.07) is 16.1. The van der Waals surface area contributed by atoms with Crippen LogP contribution in [0.1, 0.15) is 33.0 Å². The highest BCUT2D eigenvalue weighted by Crippen LogP contribution is 2.11. The van der Waals surface area contributed by atoms with Crippen LogP contribution in [0.2, 0.25) is 0 Å². The van der Waals surface area contributed by atoms with Gasteiger partial charge in [-0.25, -0.2) is 14.4 Å². The molecule has 28 heavy (non-hydrogen) atoms. The summed E-state index contributed by atoms with van der Waals surface area (Å²) in [6.45, 7) is 4.86. The average Bonchev–Trinajstić information content (AvgIpc) is 2.67. The first-order chi connectivity index (χ1) is 13.5. The van der Waals surface area contributed by atoms with Crippen LogP contribution in [0.3, 0.4) is 0 Å². The lowest BCUT2D eigenvalue weighted by Gasteiger charge is -2.10. The van der Waals surface area contributed by atoms with Crippen LogP contribution in [0.5, 0.6) is 0 Å². The van der Waals surface area contributed by atoms with Gasteiger partial charge in [0.2, 0.25) is 0 Å². The first kappa shape index (κ1) is 19.5. The normalized spacial score (nSPS) is 10.5. The number of aromatic nitrogens is 2. The molecule has 0 unspecified atom stereocenters. The Morgan fingerprint density at radius 2 is 1.79 bits per heavy atom. The number of carbonyl (C=O) groups is 1. The lowest BCUT2D eigenvalue weighted by atomic mass is 10.1. The predicted molar refractivity (Wildman–Crippen MR) is 108 cm³/mol. The Morgan fingerprint density at radius 1 is 1.00 bits per heavy atom. The summed E-state index contributed by atoms with van der Waals surface area (Å²) in [5.41, 5.74) is 3.61. The molecule has 1 heterocycles. The molecule has 0 aliphatic rings. The predicted octanol–water partition coefficient (Wildman–Crippen LogP) is 3.82. The largest absolute Gasteiger partial charge is 0.366 e. The van der Waals surface area contributed by atoms with E-state index in [4.69, 9.17) is 0 Å². The molecule has 0 aliphatic carbocycles. The number of aryl methyl sites for hydroxylation is 2. The summed E-state index contributed by atoms with van der Waals surface area (Å²) in [6.07, 6.45) is 0.620. The number of anilines is 1. The fourth-order valence-electron chi connectivity index (χ4n) is 2.85. The lowest BCUT2D eigenvalue weighted by Crippen LogP contribution is -2.27. The second-order valence-electron chi connectivity index (χ2n) is 6.66. The van der Waals surface area contributed by atoms with E-state index in [-0.39, 0.29) is 11.7 Å². The number of nitrogens with one attached hydrogen (secondary N) is 2. The van der Waals surface area contributed by atoms with Gasteiger partial charge in [0.25, 0.3) is 5.91 Å². The van der Waals surface area contributed by atoms with Gasteiger partial charge < -0.3 is 10.6 Å². The minimum absolute atomic E-state index is 0.258. The molecule has 0 atom stereocenters. The van der Waals surface area contributed by atoms with Crippen molar-refractivity contribution in [1.29, 1.82) is 0 Å². The highest BCUT2D eigenvalue weighted by molar-refractivity contribution is 5.92. The molecular weight excluding hydrogens is 355 g/mol. The van der Waals surface area contributed by atoms with Crippen LogP contribution < -0.4 is 10.6 Å². The molecular formula is C22H23FN4O. The van der Waals surface area contributed by atoms with Crippen LogP contribution in [0.4, 0.5) is 10.2 Å². The Kier molecular flexibility index (Phi) is 6.32. The summed E-state index contributed by atoms with van der Waals surface area (Å²) in [5, 5.41) is 6.09. The van der Waals surface area contributed by atoms with Crippen LogP contribution in [0.25, 0.3) is 0 Å². The summed E-state index contributed by atoms with van der Waals surface area (Å²) < 4.78 is 12.9. The van der Waals surface area contributed by atoms with Crippen molar-refractivity contribution in [3.63, 3.8) is 0 Å². The van der Waals surface area contributed by atoms with Gasteiger partial charge in [-0.05, 0) is 43.5 Å². The maximum atomic E-state index is 12.9. The molecule has 144 valence electrons. The summed E-state index contributed by atoms with van der Waals surface area (Å²) >= 11 is 0. The number of nitrogens with zero attached hydrogens (tertiary/aromatic N) is 2. The number of halogens is 1. The lowest BCUT2D eigenvalue weighted by molar-refractivity contribution is 0.0949. The highest BCUT2D eigenvalue weighted by Gasteiger charge is 2.10. The van der Waals surface area contributed by atoms with E-state index >= 15 is 0 Å². The molecule has 6 heteroatoms. The zero-order valence-corrected chi connectivity index (χ0v) is 16.0. The van der Waals surface area contributed by atoms with Crippen LogP contribution >= 0.6 is 0 Å². The summed E-state index contributed by atoms with van der Waals surface area (Å²) in [5.74, 6) is 0.608. The molecule has 0 spiro atoms. The van der Waals surface area contributed by atoms with Crippen molar-refractivity contribution >= 4 is 11.7 Å². The second kappa shape index (κ2) is 9.08. The Hall–Kier alpha value is -3.28. The minimum atomic E-state index is -0.269. The van der Waals surface area contributed by atoms with Gasteiger partial charge in [0, 0.05) is 19.2 Å². The van der Waals surface area contributed by atoms with Crippen molar-refractivity contribution in [2.75, 3.05) is 11.9 Å². The van der Waals surface area contributed by atoms with Gasteiger partial charge in [-0.2, -0.15) is 0 Å². The van der Waals surface area contributed by atoms with Gasteiger partial charge in [-0.15, -0.1) is 0 Å². The topological polar surface area (TPSA) is 66.9 Å². The monoisotopic (exact) mass is 378 g/mol. The van der Waals surface area contributed by atoms with Crippen LogP contribution in [-0.4, -0.2) is 22.4 Å². The van der Waals surface area contributed by atoms with E-state index in [1.54, 1.807) is 25.1 Å². The molecule has 0 saturated carbocycles. The molecule has 3 aromatic rings. The number of benzene rings is 2. The number of hydrogen-bond donors (Lipinski definition) is 2. The standard InChI is InChI=1S/C22H23FN4O/c1-15-4-3-5-18(12-15)14-25-21-13-20(26-16(2)27-21)22(28)24-11-10-17-6-8-19(23)9-7-17/h3-9,12-13H,10-11,14H2,1-2H3,(H,24,28)(H,25,26,27). The van der Waals surface area contributed by atoms with Crippen molar-refractivity contribution in [1.82, 2.24) is 15.3 Å². The van der Waals surface area contributed by atoms with Gasteiger partial charge in [-0.3, -0.25) is 4.79 Å². The van der Waals surface area contributed by atoms with Crippen molar-refractivity contribution in [2.45, 2.75) is 26.8 Å². The van der Waals surface area contributed by atoms with Crippen LogP contribution in [0, 0.1) is 19.7 Å². The molecule has 0 radical (unpaired) electrons. The van der Waals surface area contributed by atoms with Crippen molar-refractivity contribution in [3.8, 4) is 0 Å². The molecule has 2 N–H and O–H groups in total. The van der Waals surface area contributed by atoms with E-state index in [9.17, 15) is 9.18 Å². The highest BCUT2D eigenvalue weighted by atomic mass is 19.1. The Balaban J connectivity index is 1.58. The van der Waals surface area contributed by atoms with E-state index in [2.05, 4.69) is 26.7 Å². The van der Waals surface area contributed by atoms with Crippen molar-refractivity contribution in [2.24, 2.45) is 0 Å². The average molecular weight is 378 g/mol. The maximum absolute atomic E-state index is 12.9. The first-order valence-corrected chi connectivity index (χ1v) is 9.17. The molecule has 0 bridgehead atoms. The fraction of sp³-hybridized carbons (Fsp3) is 0.227. The number of amides is 1. The molecule has 5 nitrogen and oxygen atoms in total. The molecule has 1 aromatic heterocycles. The molecule has 0 fully saturated rings. The number of carbonyl (C=O) groups excluding carboxylic acids is 1. The molecule has 2 aromatic carbocycles. The Labute approximate surface area is 164 Å². The fourth-order valence-corrected chi connectivity index (χ4v) is 2.85. The van der Waals surface area contributed by atoms with Crippen molar-refractivity contribution in [3.05, 3.63) is 88.6 Å². The van der Waals surface area contributed by atoms with E-state index < -0.39 is 0 Å². The van der Waals surface area contributed by atoms with E-state index in [1.165, 1.54) is 17.7 Å². The smallest absolute Gasteiger partial charge is 0.270 e. The van der Waals surface area contributed by atoms with Crippen LogP contribution in [-0.2, 0) is 13.0 Å². The third-order valence-corrected chi connectivity index (χ3v) is 4.24. The van der Waals surface area contributed by atoms with E-state index in [0.29, 0.717) is 36.8 Å². The van der Waals surface area contributed by atoms with Gasteiger partial charge in [0.05, 0.1) is 0 Å². The quantitative estimate of drug-likeness (QED) is 0.656. The Bertz CT molecular complexity index is 957. The Morgan fingerprint density at radius 3 is 2.54 bits per heavy atom. The minimum Gasteiger partial charge on any atom is -0.366 e. The van der Waals surface area contributed by atoms with Crippen molar-refractivity contribution < 1.29 is 9.18 Å². The second-order valence-corrected chi connectivity index (χ2v) is 6.66. The van der Waals surface area contributed by atoms with E-state index in [0.717, 1.165) is 11.1 Å². The number of rotatable bonds is 7. The summed E-state index contributed by atoms with van der Waals surface area (Å²) in [4.78, 5) is 21.0. The van der Waals surface area contributed by atoms with Gasteiger partial charge in [0.15, 0.2) is 0 Å². The first-order valence-electron chi connectivity index (χ1n) is 9.17. The molecule has 0 aliphatic heterocycles. The maximum Gasteiger partial charge on any atom is 0.270 e. The number of hydrogen-bond acceptors (Lipinski definition) is 4. The third-order valence-electron chi connectivity index (χ3n) is 4.24. The van der Waals surface area contributed by atoms with Gasteiger partial charge in [0.1, 0.15) is 23.2 Å². The molecule has 1 amide bonds. The van der Waals surface area contributed by atoms with Gasteiger partial charge in [-0.1, -0.05) is 42.0 Å². The SMILES string of the molecule is Cc1cccc(CNc2cc(C(=O)NCCc3ccc(F)cc3)nc(C)n2)c1. The summed E-state index contributed by atoms with van der Waals surface area (Å²) in [7, 11) is 0. The zero-order chi connectivity index (χ0) is 19.9. The molecule has 3 rings (SSSR count). The molecule has 0 saturated heterocycles. The van der Waals surface area contributed by atoms with Crippen LogP contribution in [0.15, 0.2) is 54.6 Å². The zero-order valence-electron chi connectivity index (χ0n) is 16.0. The van der Waals surface area contributed by atoms with Gasteiger partial charge >= 0.3 is 0 Å². The van der Waals surface area contributed by atoms with E-state index in [1.807, 2.05) is 25.1 Å².